The summed E-state index contributed by atoms with van der Waals surface area (Å²) in [4.78, 5) is 7.09. The van der Waals surface area contributed by atoms with Gasteiger partial charge in [0.05, 0.1) is 26.9 Å². The van der Waals surface area contributed by atoms with Gasteiger partial charge >= 0.3 is 6.61 Å². The molecule has 2 rings (SSSR count). The Balaban J connectivity index is 0.00000512. The Labute approximate surface area is 207 Å². The van der Waals surface area contributed by atoms with Crippen molar-refractivity contribution in [3.63, 3.8) is 0 Å². The number of hydrogen-bond acceptors (Lipinski definition) is 5. The minimum Gasteiger partial charge on any atom is -0.493 e. The van der Waals surface area contributed by atoms with Gasteiger partial charge in [-0.2, -0.15) is 8.78 Å². The minimum absolute atomic E-state index is 0. The maximum atomic E-state index is 12.7. The van der Waals surface area contributed by atoms with Crippen LogP contribution in [0.25, 0.3) is 0 Å². The summed E-state index contributed by atoms with van der Waals surface area (Å²) in [6, 6.07) is 5.33. The summed E-state index contributed by atoms with van der Waals surface area (Å²) in [6.45, 7) is 8.78. The largest absolute Gasteiger partial charge is 0.493 e. The summed E-state index contributed by atoms with van der Waals surface area (Å²) in [7, 11) is 1.42. The number of methoxy groups -OCH3 is 1. The predicted molar refractivity (Wildman–Crippen MR) is 133 cm³/mol. The average molecular weight is 570 g/mol. The molecule has 7 nitrogen and oxygen atoms in total. The van der Waals surface area contributed by atoms with E-state index in [0.717, 1.165) is 51.4 Å². The van der Waals surface area contributed by atoms with Crippen molar-refractivity contribution < 1.29 is 23.0 Å². The van der Waals surface area contributed by atoms with Crippen LogP contribution in [0.5, 0.6) is 11.5 Å². The van der Waals surface area contributed by atoms with Crippen molar-refractivity contribution in [1.82, 2.24) is 15.5 Å². The second kappa shape index (κ2) is 15.4. The Bertz CT molecular complexity index is 689. The molecule has 1 atom stereocenters. The number of hydrogen-bond donors (Lipinski definition) is 2. The summed E-state index contributed by atoms with van der Waals surface area (Å²) in [6.07, 6.45) is 1.08. The van der Waals surface area contributed by atoms with E-state index in [1.54, 1.807) is 12.1 Å². The maximum absolute atomic E-state index is 12.7. The van der Waals surface area contributed by atoms with Gasteiger partial charge in [-0.3, -0.25) is 4.90 Å². The lowest BCUT2D eigenvalue weighted by molar-refractivity contribution is -0.0512. The lowest BCUT2D eigenvalue weighted by Gasteiger charge is -2.35. The Morgan fingerprint density at radius 1 is 1.19 bits per heavy atom. The molecule has 0 aromatic heterocycles. The van der Waals surface area contributed by atoms with Gasteiger partial charge in [0, 0.05) is 32.2 Å². The van der Waals surface area contributed by atoms with Gasteiger partial charge in [0.15, 0.2) is 17.5 Å². The first-order valence-corrected chi connectivity index (χ1v) is 10.9. The highest BCUT2D eigenvalue weighted by Crippen LogP contribution is 2.29. The second-order valence-corrected chi connectivity index (χ2v) is 7.87. The van der Waals surface area contributed by atoms with Crippen LogP contribution in [0.4, 0.5) is 8.78 Å². The van der Waals surface area contributed by atoms with Gasteiger partial charge in [-0.15, -0.1) is 24.0 Å². The standard InChI is InChI=1S/C22H36F2N4O3.HI/c1-5-25-22(27-15-18(12-16(2)3)28-8-10-30-11-9-28)26-14-17-6-7-19(29-4)20(13-17)31-21(23)24;/h6-7,13,16,18,21H,5,8-12,14-15H2,1-4H3,(H2,25,26,27);1H. The first kappa shape index (κ1) is 28.6. The van der Waals surface area contributed by atoms with Crippen molar-refractivity contribution in [3.8, 4) is 11.5 Å². The Kier molecular flexibility index (Phi) is 13.8. The molecule has 0 bridgehead atoms. The first-order valence-electron chi connectivity index (χ1n) is 10.9. The summed E-state index contributed by atoms with van der Waals surface area (Å²) in [5, 5.41) is 6.70. The zero-order chi connectivity index (χ0) is 22.6. The Morgan fingerprint density at radius 2 is 1.91 bits per heavy atom. The molecular weight excluding hydrogens is 533 g/mol. The van der Waals surface area contributed by atoms with Crippen LogP contribution < -0.4 is 20.1 Å². The van der Waals surface area contributed by atoms with Crippen molar-refractivity contribution in [2.75, 3.05) is 46.5 Å². The van der Waals surface area contributed by atoms with Crippen LogP contribution in [-0.4, -0.2) is 70.0 Å². The van der Waals surface area contributed by atoms with Gasteiger partial charge in [0.1, 0.15) is 0 Å². The molecule has 1 heterocycles. The van der Waals surface area contributed by atoms with Crippen molar-refractivity contribution in [3.05, 3.63) is 23.8 Å². The highest BCUT2D eigenvalue weighted by molar-refractivity contribution is 14.0. The number of rotatable bonds is 11. The molecule has 1 saturated heterocycles. The van der Waals surface area contributed by atoms with Crippen molar-refractivity contribution in [2.24, 2.45) is 10.9 Å². The van der Waals surface area contributed by atoms with E-state index in [-0.39, 0.29) is 35.5 Å². The number of nitrogens with one attached hydrogen (secondary N) is 2. The summed E-state index contributed by atoms with van der Waals surface area (Å²) < 4.78 is 40.5. The van der Waals surface area contributed by atoms with Gasteiger partial charge in [0.25, 0.3) is 0 Å². The smallest absolute Gasteiger partial charge is 0.387 e. The minimum atomic E-state index is -2.91. The van der Waals surface area contributed by atoms with Crippen molar-refractivity contribution in [2.45, 2.75) is 46.4 Å². The molecule has 0 aliphatic carbocycles. The molecule has 32 heavy (non-hydrogen) atoms. The average Bonchev–Trinajstić information content (AvgIpc) is 2.74. The number of halogens is 3. The van der Waals surface area contributed by atoms with Gasteiger partial charge in [-0.25, -0.2) is 4.99 Å². The van der Waals surface area contributed by atoms with E-state index in [1.807, 2.05) is 6.92 Å². The number of nitrogens with zero attached hydrogens (tertiary/aromatic N) is 2. The topological polar surface area (TPSA) is 67.4 Å². The van der Waals surface area contributed by atoms with E-state index in [2.05, 4.69) is 39.1 Å². The Morgan fingerprint density at radius 3 is 2.50 bits per heavy atom. The van der Waals surface area contributed by atoms with Crippen LogP contribution in [0.1, 0.15) is 32.8 Å². The van der Waals surface area contributed by atoms with Gasteiger partial charge < -0.3 is 24.8 Å². The highest BCUT2D eigenvalue weighted by Gasteiger charge is 2.22. The van der Waals surface area contributed by atoms with Crippen LogP contribution in [0, 0.1) is 5.92 Å². The Hall–Kier alpha value is -1.40. The van der Waals surface area contributed by atoms with Crippen LogP contribution in [0.15, 0.2) is 23.2 Å². The molecule has 0 spiro atoms. The quantitative estimate of drug-likeness (QED) is 0.240. The van der Waals surface area contributed by atoms with E-state index in [0.29, 0.717) is 24.5 Å². The van der Waals surface area contributed by atoms with Gasteiger partial charge in [-0.05, 0) is 37.0 Å². The predicted octanol–water partition coefficient (Wildman–Crippen LogP) is 3.72. The third-order valence-corrected chi connectivity index (χ3v) is 5.02. The fourth-order valence-corrected chi connectivity index (χ4v) is 3.58. The number of ether oxygens (including phenoxy) is 3. The zero-order valence-corrected chi connectivity index (χ0v) is 21.7. The summed E-state index contributed by atoms with van der Waals surface area (Å²) >= 11 is 0. The molecule has 1 aliphatic rings. The van der Waals surface area contributed by atoms with Crippen LogP contribution in [-0.2, 0) is 11.3 Å². The fourth-order valence-electron chi connectivity index (χ4n) is 3.58. The molecule has 1 aromatic rings. The van der Waals surface area contributed by atoms with Gasteiger partial charge in [0.2, 0.25) is 0 Å². The monoisotopic (exact) mass is 570 g/mol. The summed E-state index contributed by atoms with van der Waals surface area (Å²) in [5.41, 5.74) is 0.751. The van der Waals surface area contributed by atoms with Crippen LogP contribution in [0.2, 0.25) is 0 Å². The lowest BCUT2D eigenvalue weighted by atomic mass is 10.0. The number of guanidine groups is 1. The third kappa shape index (κ3) is 10.0. The van der Waals surface area contributed by atoms with E-state index in [4.69, 9.17) is 9.47 Å². The van der Waals surface area contributed by atoms with E-state index in [9.17, 15) is 8.78 Å². The van der Waals surface area contributed by atoms with E-state index < -0.39 is 6.61 Å². The molecule has 0 amide bonds. The molecular formula is C22H37F2IN4O3. The number of morpholine rings is 1. The van der Waals surface area contributed by atoms with Crippen LogP contribution in [0.3, 0.4) is 0 Å². The number of benzene rings is 1. The van der Waals surface area contributed by atoms with E-state index >= 15 is 0 Å². The molecule has 10 heteroatoms. The maximum Gasteiger partial charge on any atom is 0.387 e. The molecule has 1 unspecified atom stereocenters. The third-order valence-electron chi connectivity index (χ3n) is 5.02. The number of aliphatic imine (C=N–C) groups is 1. The van der Waals surface area contributed by atoms with Crippen LogP contribution >= 0.6 is 24.0 Å². The normalized spacial score (nSPS) is 15.9. The molecule has 1 aliphatic heterocycles. The zero-order valence-electron chi connectivity index (χ0n) is 19.4. The molecule has 1 aromatic carbocycles. The molecule has 0 saturated carbocycles. The lowest BCUT2D eigenvalue weighted by Crippen LogP contribution is -2.51. The summed E-state index contributed by atoms with van der Waals surface area (Å²) in [5.74, 6) is 1.55. The van der Waals surface area contributed by atoms with Crippen molar-refractivity contribution >= 4 is 29.9 Å². The number of alkyl halides is 2. The fraction of sp³-hybridized carbons (Fsp3) is 0.682. The molecule has 2 N–H and O–H groups in total. The van der Waals surface area contributed by atoms with E-state index in [1.165, 1.54) is 13.2 Å². The first-order chi connectivity index (χ1) is 14.9. The molecule has 0 radical (unpaired) electrons. The highest BCUT2D eigenvalue weighted by atomic mass is 127. The molecule has 1 fully saturated rings. The SMILES string of the molecule is CCNC(=NCc1ccc(OC)c(OC(F)F)c1)NCC(CC(C)C)N1CCOCC1.I. The van der Waals surface area contributed by atoms with Crippen molar-refractivity contribution in [1.29, 1.82) is 0 Å². The second-order valence-electron chi connectivity index (χ2n) is 7.87. The molecule has 184 valence electrons. The van der Waals surface area contributed by atoms with Gasteiger partial charge in [-0.1, -0.05) is 19.9 Å².